The number of nitrogens with one attached hydrogen (secondary N) is 1. The van der Waals surface area contributed by atoms with Crippen molar-refractivity contribution in [3.8, 4) is 0 Å². The summed E-state index contributed by atoms with van der Waals surface area (Å²) in [6, 6.07) is 5.26. The van der Waals surface area contributed by atoms with Crippen LogP contribution in [0.1, 0.15) is 23.2 Å². The van der Waals surface area contributed by atoms with E-state index in [1.54, 1.807) is 12.1 Å². The molecule has 2 N–H and O–H groups in total. The molecular weight excluding hydrogens is 258 g/mol. The van der Waals surface area contributed by atoms with Crippen molar-refractivity contribution < 1.29 is 9.90 Å². The van der Waals surface area contributed by atoms with Gasteiger partial charge in [-0.15, -0.1) is 0 Å². The van der Waals surface area contributed by atoms with Crippen LogP contribution >= 0.6 is 23.4 Å². The Balaban J connectivity index is 2.08. The number of anilines is 1. The van der Waals surface area contributed by atoms with Gasteiger partial charge in [-0.05, 0) is 42.5 Å². The van der Waals surface area contributed by atoms with Gasteiger partial charge in [-0.1, -0.05) is 11.6 Å². The van der Waals surface area contributed by atoms with Crippen LogP contribution in [0.15, 0.2) is 18.2 Å². The standard InChI is InChI=1S/C12H14ClNO2S/c13-10-7-8(12(15)16)1-2-11(10)14-9-3-5-17-6-4-9/h1-2,7,9,14H,3-6H2,(H,15,16). The summed E-state index contributed by atoms with van der Waals surface area (Å²) in [5.41, 5.74) is 1.05. The fourth-order valence-electron chi connectivity index (χ4n) is 1.83. The number of carboxylic acids is 1. The molecule has 1 saturated heterocycles. The van der Waals surface area contributed by atoms with Crippen molar-refractivity contribution in [2.75, 3.05) is 16.8 Å². The first-order valence-corrected chi connectivity index (χ1v) is 7.07. The van der Waals surface area contributed by atoms with Crippen LogP contribution in [0.2, 0.25) is 5.02 Å². The van der Waals surface area contributed by atoms with E-state index in [0.29, 0.717) is 11.1 Å². The third-order valence-electron chi connectivity index (χ3n) is 2.80. The average Bonchev–Trinajstić information content (AvgIpc) is 2.33. The summed E-state index contributed by atoms with van der Waals surface area (Å²) in [6.45, 7) is 0. The smallest absolute Gasteiger partial charge is 0.335 e. The second-order valence-corrected chi connectivity index (χ2v) is 5.66. The minimum Gasteiger partial charge on any atom is -0.478 e. The summed E-state index contributed by atoms with van der Waals surface area (Å²) in [4.78, 5) is 10.8. The van der Waals surface area contributed by atoms with Crippen molar-refractivity contribution in [2.24, 2.45) is 0 Å². The normalized spacial score (nSPS) is 16.8. The summed E-state index contributed by atoms with van der Waals surface area (Å²) in [5.74, 6) is 1.39. The van der Waals surface area contributed by atoms with Crippen LogP contribution in [0.4, 0.5) is 5.69 Å². The maximum Gasteiger partial charge on any atom is 0.335 e. The summed E-state index contributed by atoms with van der Waals surface area (Å²) in [6.07, 6.45) is 2.25. The molecule has 0 radical (unpaired) electrons. The van der Waals surface area contributed by atoms with Gasteiger partial charge < -0.3 is 10.4 Å². The zero-order valence-corrected chi connectivity index (χ0v) is 10.9. The summed E-state index contributed by atoms with van der Waals surface area (Å²) in [7, 11) is 0. The van der Waals surface area contributed by atoms with Crippen molar-refractivity contribution in [1.82, 2.24) is 0 Å². The molecule has 0 aromatic heterocycles. The van der Waals surface area contributed by atoms with Crippen molar-refractivity contribution in [2.45, 2.75) is 18.9 Å². The Morgan fingerprint density at radius 2 is 2.12 bits per heavy atom. The molecule has 0 amide bonds. The number of benzene rings is 1. The lowest BCUT2D eigenvalue weighted by Gasteiger charge is -2.24. The predicted molar refractivity (Wildman–Crippen MR) is 72.4 cm³/mol. The van der Waals surface area contributed by atoms with Gasteiger partial charge >= 0.3 is 5.97 Å². The third-order valence-corrected chi connectivity index (χ3v) is 4.16. The van der Waals surface area contributed by atoms with Crippen LogP contribution in [0, 0.1) is 0 Å². The Labute approximate surface area is 110 Å². The maximum absolute atomic E-state index is 10.8. The molecular formula is C12H14ClNO2S. The van der Waals surface area contributed by atoms with Crippen molar-refractivity contribution in [3.63, 3.8) is 0 Å². The minimum absolute atomic E-state index is 0.222. The van der Waals surface area contributed by atoms with E-state index < -0.39 is 5.97 Å². The van der Waals surface area contributed by atoms with Crippen molar-refractivity contribution >= 4 is 35.0 Å². The van der Waals surface area contributed by atoms with Gasteiger partial charge in [0.2, 0.25) is 0 Å². The highest BCUT2D eigenvalue weighted by molar-refractivity contribution is 7.99. The van der Waals surface area contributed by atoms with E-state index in [-0.39, 0.29) is 5.56 Å². The number of hydrogen-bond donors (Lipinski definition) is 2. The quantitative estimate of drug-likeness (QED) is 0.885. The Morgan fingerprint density at radius 1 is 1.41 bits per heavy atom. The monoisotopic (exact) mass is 271 g/mol. The molecule has 5 heteroatoms. The van der Waals surface area contributed by atoms with Crippen LogP contribution in [-0.2, 0) is 0 Å². The molecule has 0 unspecified atom stereocenters. The van der Waals surface area contributed by atoms with Crippen LogP contribution in [-0.4, -0.2) is 28.6 Å². The first kappa shape index (κ1) is 12.6. The number of aromatic carboxylic acids is 1. The molecule has 0 aliphatic carbocycles. The highest BCUT2D eigenvalue weighted by Gasteiger charge is 2.15. The molecule has 1 fully saturated rings. The van der Waals surface area contributed by atoms with Gasteiger partial charge in [-0.3, -0.25) is 0 Å². The molecule has 0 saturated carbocycles. The molecule has 92 valence electrons. The Bertz CT molecular complexity index is 419. The van der Waals surface area contributed by atoms with E-state index in [0.717, 1.165) is 18.5 Å². The van der Waals surface area contributed by atoms with Crippen molar-refractivity contribution in [1.29, 1.82) is 0 Å². The summed E-state index contributed by atoms with van der Waals surface area (Å²) >= 11 is 8.03. The van der Waals surface area contributed by atoms with Crippen molar-refractivity contribution in [3.05, 3.63) is 28.8 Å². The third kappa shape index (κ3) is 3.30. The van der Waals surface area contributed by atoms with E-state index in [1.165, 1.54) is 17.6 Å². The molecule has 1 aliphatic heterocycles. The maximum atomic E-state index is 10.8. The molecule has 0 atom stereocenters. The fourth-order valence-corrected chi connectivity index (χ4v) is 3.17. The van der Waals surface area contributed by atoms with E-state index in [9.17, 15) is 4.79 Å². The van der Waals surface area contributed by atoms with E-state index in [1.807, 2.05) is 11.8 Å². The number of rotatable bonds is 3. The highest BCUT2D eigenvalue weighted by Crippen LogP contribution is 2.27. The average molecular weight is 272 g/mol. The first-order valence-electron chi connectivity index (χ1n) is 5.54. The Morgan fingerprint density at radius 3 is 2.71 bits per heavy atom. The van der Waals surface area contributed by atoms with Gasteiger partial charge in [0.05, 0.1) is 16.3 Å². The van der Waals surface area contributed by atoms with Crippen LogP contribution < -0.4 is 5.32 Å². The first-order chi connectivity index (χ1) is 8.16. The second kappa shape index (κ2) is 5.65. The summed E-state index contributed by atoms with van der Waals surface area (Å²) < 4.78 is 0. The van der Waals surface area contributed by atoms with Gasteiger partial charge in [0, 0.05) is 6.04 Å². The molecule has 3 nitrogen and oxygen atoms in total. The number of hydrogen-bond acceptors (Lipinski definition) is 3. The molecule has 17 heavy (non-hydrogen) atoms. The number of thioether (sulfide) groups is 1. The van der Waals surface area contributed by atoms with Gasteiger partial charge in [0.15, 0.2) is 0 Å². The SMILES string of the molecule is O=C(O)c1ccc(NC2CCSCC2)c(Cl)c1. The molecule has 0 spiro atoms. The predicted octanol–water partition coefficient (Wildman–Crippen LogP) is 3.35. The highest BCUT2D eigenvalue weighted by atomic mass is 35.5. The fraction of sp³-hybridized carbons (Fsp3) is 0.417. The molecule has 1 heterocycles. The molecule has 0 bridgehead atoms. The van der Waals surface area contributed by atoms with Gasteiger partial charge in [-0.25, -0.2) is 4.79 Å². The van der Waals surface area contributed by atoms with Gasteiger partial charge in [0.1, 0.15) is 0 Å². The molecule has 1 aromatic carbocycles. The van der Waals surface area contributed by atoms with Crippen LogP contribution in [0.25, 0.3) is 0 Å². The lowest BCUT2D eigenvalue weighted by Crippen LogP contribution is -2.24. The molecule has 1 aromatic rings. The van der Waals surface area contributed by atoms with E-state index in [2.05, 4.69) is 5.32 Å². The minimum atomic E-state index is -0.951. The second-order valence-electron chi connectivity index (χ2n) is 4.03. The summed E-state index contributed by atoms with van der Waals surface area (Å²) in [5, 5.41) is 12.7. The topological polar surface area (TPSA) is 49.3 Å². The van der Waals surface area contributed by atoms with Gasteiger partial charge in [0.25, 0.3) is 0 Å². The zero-order valence-electron chi connectivity index (χ0n) is 9.28. The Hall–Kier alpha value is -0.870. The zero-order chi connectivity index (χ0) is 12.3. The molecule has 1 aliphatic rings. The lowest BCUT2D eigenvalue weighted by molar-refractivity contribution is 0.0697. The largest absolute Gasteiger partial charge is 0.478 e. The van der Waals surface area contributed by atoms with Gasteiger partial charge in [-0.2, -0.15) is 11.8 Å². The molecule has 2 rings (SSSR count). The number of carbonyl (C=O) groups is 1. The van der Waals surface area contributed by atoms with E-state index >= 15 is 0 Å². The lowest BCUT2D eigenvalue weighted by atomic mass is 10.1. The number of halogens is 1. The Kier molecular flexibility index (Phi) is 4.18. The van der Waals surface area contributed by atoms with Crippen LogP contribution in [0.5, 0.6) is 0 Å². The van der Waals surface area contributed by atoms with E-state index in [4.69, 9.17) is 16.7 Å². The number of carboxylic acid groups (broad SMARTS) is 1. The van der Waals surface area contributed by atoms with Crippen LogP contribution in [0.3, 0.4) is 0 Å².